The first-order chi connectivity index (χ1) is 16.8. The van der Waals surface area contributed by atoms with Gasteiger partial charge in [-0.2, -0.15) is 0 Å². The first kappa shape index (κ1) is 26.0. The van der Waals surface area contributed by atoms with E-state index < -0.39 is 0 Å². The molecule has 1 heterocycles. The molecule has 0 spiro atoms. The second-order valence-electron chi connectivity index (χ2n) is 10.1. The van der Waals surface area contributed by atoms with Gasteiger partial charge in [-0.05, 0) is 101 Å². The molecule has 3 aromatic carbocycles. The second kappa shape index (κ2) is 11.8. The monoisotopic (exact) mass is 583 g/mol. The molecule has 0 aliphatic carbocycles. The Hall–Kier alpha value is -2.05. The number of carbonyl (C=O) groups excluding carboxylic acids is 1. The topological polar surface area (TPSA) is 20.3 Å². The van der Waals surface area contributed by atoms with Gasteiger partial charge in [0.1, 0.15) is 11.6 Å². The minimum Gasteiger partial charge on any atom is -0.300 e. The van der Waals surface area contributed by atoms with Crippen LogP contribution in [0.5, 0.6) is 0 Å². The molecule has 0 saturated heterocycles. The molecule has 2 nitrogen and oxygen atoms in total. The number of rotatable bonds is 7. The highest BCUT2D eigenvalue weighted by Gasteiger charge is 2.23. The Balaban J connectivity index is 1.66. The van der Waals surface area contributed by atoms with E-state index in [-0.39, 0.29) is 17.5 Å². The highest BCUT2D eigenvalue weighted by molar-refractivity contribution is 14.1. The molecular formula is C31H35FINO. The van der Waals surface area contributed by atoms with Crippen molar-refractivity contribution < 1.29 is 9.18 Å². The number of fused-ring (bicyclic) bond motifs is 1. The zero-order chi connectivity index (χ0) is 24.9. The molecular weight excluding hydrogens is 548 g/mol. The maximum Gasteiger partial charge on any atom is 0.130 e. The Morgan fingerprint density at radius 3 is 2.60 bits per heavy atom. The van der Waals surface area contributed by atoms with Crippen molar-refractivity contribution >= 4 is 28.4 Å². The van der Waals surface area contributed by atoms with Crippen LogP contribution in [0.25, 0.3) is 0 Å². The molecule has 2 atom stereocenters. The number of ketones is 1. The van der Waals surface area contributed by atoms with E-state index >= 15 is 0 Å². The van der Waals surface area contributed by atoms with E-state index in [9.17, 15) is 9.18 Å². The van der Waals surface area contributed by atoms with Gasteiger partial charge in [0, 0.05) is 35.5 Å². The lowest BCUT2D eigenvalue weighted by atomic mass is 9.85. The van der Waals surface area contributed by atoms with Crippen LogP contribution >= 0.6 is 22.6 Å². The smallest absolute Gasteiger partial charge is 0.130 e. The summed E-state index contributed by atoms with van der Waals surface area (Å²) in [7, 11) is 0. The van der Waals surface area contributed by atoms with Crippen molar-refractivity contribution in [3.8, 4) is 0 Å². The van der Waals surface area contributed by atoms with Crippen LogP contribution in [-0.2, 0) is 24.3 Å². The van der Waals surface area contributed by atoms with Crippen LogP contribution in [0.4, 0.5) is 4.39 Å². The van der Waals surface area contributed by atoms with Gasteiger partial charge < -0.3 is 0 Å². The van der Waals surface area contributed by atoms with E-state index in [1.165, 1.54) is 35.1 Å². The van der Waals surface area contributed by atoms with E-state index in [0.29, 0.717) is 17.9 Å². The Labute approximate surface area is 223 Å². The summed E-state index contributed by atoms with van der Waals surface area (Å²) in [6.07, 6.45) is 3.86. The third kappa shape index (κ3) is 6.59. The van der Waals surface area contributed by atoms with Crippen molar-refractivity contribution in [3.05, 3.63) is 103 Å². The summed E-state index contributed by atoms with van der Waals surface area (Å²) in [4.78, 5) is 14.7. The first-order valence-corrected chi connectivity index (χ1v) is 13.7. The molecule has 1 aliphatic heterocycles. The van der Waals surface area contributed by atoms with Crippen LogP contribution in [0.1, 0.15) is 72.4 Å². The highest BCUT2D eigenvalue weighted by atomic mass is 127. The summed E-state index contributed by atoms with van der Waals surface area (Å²) in [5.74, 6) is 0.233. The van der Waals surface area contributed by atoms with E-state index in [2.05, 4.69) is 83.8 Å². The highest BCUT2D eigenvalue weighted by Crippen LogP contribution is 2.33. The molecule has 0 N–H and O–H groups in total. The molecule has 0 bridgehead atoms. The van der Waals surface area contributed by atoms with E-state index in [1.54, 1.807) is 13.0 Å². The lowest BCUT2D eigenvalue weighted by Crippen LogP contribution is -2.31. The van der Waals surface area contributed by atoms with Crippen LogP contribution in [0.15, 0.2) is 60.7 Å². The second-order valence-corrected chi connectivity index (χ2v) is 11.3. The van der Waals surface area contributed by atoms with Gasteiger partial charge >= 0.3 is 0 Å². The first-order valence-electron chi connectivity index (χ1n) is 12.7. The quantitative estimate of drug-likeness (QED) is 0.265. The Morgan fingerprint density at radius 2 is 1.89 bits per heavy atom. The fourth-order valence-corrected chi connectivity index (χ4v) is 5.78. The van der Waals surface area contributed by atoms with Crippen LogP contribution in [-0.4, -0.2) is 17.2 Å². The average molecular weight is 584 g/mol. The van der Waals surface area contributed by atoms with Crippen LogP contribution < -0.4 is 0 Å². The molecule has 0 amide bonds. The van der Waals surface area contributed by atoms with Gasteiger partial charge in [0.05, 0.1) is 0 Å². The van der Waals surface area contributed by atoms with Crippen molar-refractivity contribution in [2.24, 2.45) is 5.92 Å². The van der Waals surface area contributed by atoms with Crippen molar-refractivity contribution in [1.29, 1.82) is 0 Å². The van der Waals surface area contributed by atoms with Gasteiger partial charge in [-0.15, -0.1) is 0 Å². The zero-order valence-corrected chi connectivity index (χ0v) is 23.1. The molecule has 0 fully saturated rings. The third-order valence-electron chi connectivity index (χ3n) is 7.43. The van der Waals surface area contributed by atoms with E-state index in [0.717, 1.165) is 35.2 Å². The molecule has 35 heavy (non-hydrogen) atoms. The standard InChI is InChI=1S/C31H35FINO/c1-4-23-10-12-24-7-5-6-8-26(24)19-34(18-23)20-27-16-25(11-9-21(27)2)30(15-22(3)35)29-14-13-28(33)17-31(29)32/h5-9,11,13-14,16-17,23,30H,4,10,12,15,18-20H2,1-3H3/t23-,30?/m0/s1. The number of carbonyl (C=O) groups is 1. The Morgan fingerprint density at radius 1 is 1.11 bits per heavy atom. The summed E-state index contributed by atoms with van der Waals surface area (Å²) in [6.45, 7) is 8.92. The van der Waals surface area contributed by atoms with Gasteiger partial charge in [-0.25, -0.2) is 4.39 Å². The van der Waals surface area contributed by atoms with Gasteiger partial charge in [-0.1, -0.05) is 61.9 Å². The number of Topliss-reactive ketones (excluding diaryl/α,β-unsaturated/α-hetero) is 1. The molecule has 184 valence electrons. The average Bonchev–Trinajstić information content (AvgIpc) is 2.81. The van der Waals surface area contributed by atoms with Gasteiger partial charge in [0.15, 0.2) is 0 Å². The lowest BCUT2D eigenvalue weighted by Gasteiger charge is -2.31. The summed E-state index contributed by atoms with van der Waals surface area (Å²) in [5.41, 5.74) is 7.00. The van der Waals surface area contributed by atoms with Crippen molar-refractivity contribution in [2.75, 3.05) is 6.54 Å². The third-order valence-corrected chi connectivity index (χ3v) is 8.10. The van der Waals surface area contributed by atoms with Gasteiger partial charge in [0.25, 0.3) is 0 Å². The van der Waals surface area contributed by atoms with Crippen molar-refractivity contribution in [3.63, 3.8) is 0 Å². The summed E-state index contributed by atoms with van der Waals surface area (Å²) in [6, 6.07) is 20.6. The minimum atomic E-state index is -0.278. The molecule has 0 aromatic heterocycles. The maximum atomic E-state index is 15.0. The molecule has 1 aliphatic rings. The largest absolute Gasteiger partial charge is 0.300 e. The fourth-order valence-electron chi connectivity index (χ4n) is 5.33. The van der Waals surface area contributed by atoms with Crippen molar-refractivity contribution in [1.82, 2.24) is 4.90 Å². The number of nitrogens with zero attached hydrogens (tertiary/aromatic N) is 1. The number of hydrogen-bond acceptors (Lipinski definition) is 2. The van der Waals surface area contributed by atoms with Crippen LogP contribution in [0.3, 0.4) is 0 Å². The number of hydrogen-bond donors (Lipinski definition) is 0. The Kier molecular flexibility index (Phi) is 8.77. The van der Waals surface area contributed by atoms with Gasteiger partial charge in [0.2, 0.25) is 0 Å². The normalized spacial score (nSPS) is 17.3. The predicted molar refractivity (Wildman–Crippen MR) is 150 cm³/mol. The lowest BCUT2D eigenvalue weighted by molar-refractivity contribution is -0.117. The number of aryl methyl sites for hydroxylation is 2. The van der Waals surface area contributed by atoms with E-state index in [1.807, 2.05) is 12.1 Å². The minimum absolute atomic E-state index is 0.0706. The molecule has 1 unspecified atom stereocenters. The summed E-state index contributed by atoms with van der Waals surface area (Å²) >= 11 is 2.12. The molecule has 0 radical (unpaired) electrons. The summed E-state index contributed by atoms with van der Waals surface area (Å²) < 4.78 is 15.8. The SMILES string of the molecule is CC[C@H]1CCc2ccccc2CN(Cc2cc(C(CC(C)=O)c3ccc(I)cc3F)ccc2C)C1. The summed E-state index contributed by atoms with van der Waals surface area (Å²) in [5, 5.41) is 0. The molecule has 0 saturated carbocycles. The fraction of sp³-hybridized carbons (Fsp3) is 0.387. The van der Waals surface area contributed by atoms with Crippen LogP contribution in [0, 0.1) is 22.2 Å². The Bertz CT molecular complexity index is 1190. The van der Waals surface area contributed by atoms with Gasteiger partial charge in [-0.3, -0.25) is 9.69 Å². The maximum absolute atomic E-state index is 15.0. The van der Waals surface area contributed by atoms with Crippen molar-refractivity contribution in [2.45, 2.75) is 65.5 Å². The predicted octanol–water partition coefficient (Wildman–Crippen LogP) is 7.82. The molecule has 4 heteroatoms. The molecule has 4 rings (SSSR count). The number of benzene rings is 3. The number of halogens is 2. The molecule has 3 aromatic rings. The van der Waals surface area contributed by atoms with Crippen LogP contribution in [0.2, 0.25) is 0 Å². The van der Waals surface area contributed by atoms with E-state index in [4.69, 9.17) is 0 Å². The zero-order valence-electron chi connectivity index (χ0n) is 21.0.